The number of nitrogens with two attached hydrogens (primary N) is 5. The Kier molecular flexibility index (Phi) is 32.1. The van der Waals surface area contributed by atoms with Gasteiger partial charge in [0, 0.05) is 89.0 Å². The van der Waals surface area contributed by atoms with Crippen LogP contribution in [0.15, 0.2) is 73.8 Å². The number of alkyl halides is 2. The lowest BCUT2D eigenvalue weighted by molar-refractivity contribution is 0.0125. The summed E-state index contributed by atoms with van der Waals surface area (Å²) in [4.78, 5) is 29.5. The summed E-state index contributed by atoms with van der Waals surface area (Å²) in [5.74, 6) is -0.200. The molecule has 1 saturated heterocycles. The fourth-order valence-corrected chi connectivity index (χ4v) is 6.40. The lowest BCUT2D eigenvalue weighted by Crippen LogP contribution is -2.35. The molecule has 430 valence electrons. The highest BCUT2D eigenvalue weighted by Crippen LogP contribution is 2.32. The molecule has 0 radical (unpaired) electrons. The van der Waals surface area contributed by atoms with E-state index in [0.717, 1.165) is 64.7 Å². The summed E-state index contributed by atoms with van der Waals surface area (Å²) in [7, 11) is 18.0. The lowest BCUT2D eigenvalue weighted by Gasteiger charge is -2.29. The van der Waals surface area contributed by atoms with Gasteiger partial charge < -0.3 is 81.6 Å². The van der Waals surface area contributed by atoms with Gasteiger partial charge in [-0.1, -0.05) is 23.2 Å². The maximum absolute atomic E-state index is 13.0. The number of ether oxygens (including phenoxy) is 6. The summed E-state index contributed by atoms with van der Waals surface area (Å²) >= 11 is 11.7. The zero-order valence-electron chi connectivity index (χ0n) is 46.4. The Morgan fingerprint density at radius 3 is 1.55 bits per heavy atom. The molecule has 6 heterocycles. The average molecular weight is 1120 g/mol. The minimum Gasteiger partial charge on any atom is -0.491 e. The number of pyridine rings is 5. The Bertz CT molecular complexity index is 2370. The van der Waals surface area contributed by atoms with E-state index in [0.29, 0.717) is 96.4 Å². The molecule has 1 fully saturated rings. The fourth-order valence-electron chi connectivity index (χ4n) is 6.04. The van der Waals surface area contributed by atoms with Crippen molar-refractivity contribution in [3.8, 4) is 28.7 Å². The maximum Gasteiger partial charge on any atom is 0.287 e. The summed E-state index contributed by atoms with van der Waals surface area (Å²) in [5.41, 5.74) is 30.4. The quantitative estimate of drug-likeness (QED) is 0.0351. The molecule has 0 aromatic carbocycles. The molecule has 1 aliphatic heterocycles. The number of hydrogen-bond acceptors (Lipinski definition) is 21. The van der Waals surface area contributed by atoms with Crippen molar-refractivity contribution in [1.29, 1.82) is 0 Å². The van der Waals surface area contributed by atoms with Crippen LogP contribution in [0.2, 0.25) is 10.2 Å². The SMILES string of the molecule is CN(C)CCCOc1ccncc1N.CN(C)CCOCCOc1ccncc1N.CN(C)CCOc1cc(C(C)(F)F)ncc1N.CN(C)CCOc1cc(Cl)ncc1N.CN1CCC(Oc2c(N)cncc2Cl)CC1. The number of likely N-dealkylation sites (N-methyl/N-ethyl adjacent to an activating group) is 3. The second-order valence-electron chi connectivity index (χ2n) is 18.6. The molecule has 10 N–H and O–H groups in total. The van der Waals surface area contributed by atoms with Gasteiger partial charge in [-0.3, -0.25) is 19.9 Å². The van der Waals surface area contributed by atoms with Crippen LogP contribution < -0.4 is 52.4 Å². The maximum atomic E-state index is 13.0. The molecule has 0 spiro atoms. The molecule has 0 atom stereocenters. The molecule has 0 saturated carbocycles. The summed E-state index contributed by atoms with van der Waals surface area (Å²) in [5, 5.41) is 0.873. The van der Waals surface area contributed by atoms with Gasteiger partial charge in [-0.15, -0.1) is 0 Å². The summed E-state index contributed by atoms with van der Waals surface area (Å²) in [6.45, 7) is 9.76. The second kappa shape index (κ2) is 36.9. The second-order valence-corrected chi connectivity index (χ2v) is 19.4. The molecule has 0 unspecified atom stereocenters. The highest BCUT2D eigenvalue weighted by Gasteiger charge is 2.27. The van der Waals surface area contributed by atoms with Crippen LogP contribution in [0.1, 0.15) is 31.9 Å². The largest absolute Gasteiger partial charge is 0.491 e. The Morgan fingerprint density at radius 1 is 0.571 bits per heavy atom. The molecular weight excluding hydrogens is 1040 g/mol. The van der Waals surface area contributed by atoms with Crippen molar-refractivity contribution in [1.82, 2.24) is 49.4 Å². The molecule has 0 amide bonds. The Labute approximate surface area is 464 Å². The monoisotopic (exact) mass is 1120 g/mol. The van der Waals surface area contributed by atoms with E-state index in [1.807, 2.05) is 66.2 Å². The Hall–Kier alpha value is -6.05. The van der Waals surface area contributed by atoms with E-state index in [-0.39, 0.29) is 23.2 Å². The summed E-state index contributed by atoms with van der Waals surface area (Å²) < 4.78 is 59.0. The molecule has 0 aliphatic carbocycles. The van der Waals surface area contributed by atoms with Crippen LogP contribution in [0.5, 0.6) is 28.7 Å². The summed E-state index contributed by atoms with van der Waals surface area (Å²) in [6, 6.07) is 6.33. The van der Waals surface area contributed by atoms with Crippen LogP contribution in [0.3, 0.4) is 0 Å². The van der Waals surface area contributed by atoms with Crippen molar-refractivity contribution in [2.45, 2.75) is 38.2 Å². The van der Waals surface area contributed by atoms with E-state index < -0.39 is 5.92 Å². The number of nitrogen functional groups attached to an aromatic ring is 5. The number of piperidine rings is 1. The third-order valence-electron chi connectivity index (χ3n) is 10.4. The summed E-state index contributed by atoms with van der Waals surface area (Å²) in [6.07, 6.45) is 15.5. The number of nitrogens with zero attached hydrogens (tertiary/aromatic N) is 10. The van der Waals surface area contributed by atoms with Crippen molar-refractivity contribution < 1.29 is 37.2 Å². The fraction of sp³-hybridized carbons (Fsp3) is 0.519. The normalized spacial score (nSPS) is 12.5. The molecule has 77 heavy (non-hydrogen) atoms. The predicted molar refractivity (Wildman–Crippen MR) is 306 cm³/mol. The number of halogens is 4. The zero-order valence-corrected chi connectivity index (χ0v) is 47.9. The predicted octanol–water partition coefficient (Wildman–Crippen LogP) is 6.38. The minimum absolute atomic E-state index is 0.207. The van der Waals surface area contributed by atoms with E-state index in [9.17, 15) is 8.78 Å². The van der Waals surface area contributed by atoms with Gasteiger partial charge in [-0.05, 0) is 82.7 Å². The number of hydrogen-bond donors (Lipinski definition) is 5. The molecule has 25 heteroatoms. The van der Waals surface area contributed by atoms with Crippen molar-refractivity contribution in [3.63, 3.8) is 0 Å². The third-order valence-corrected chi connectivity index (χ3v) is 10.9. The van der Waals surface area contributed by atoms with Crippen molar-refractivity contribution in [2.75, 3.05) is 171 Å². The number of rotatable bonds is 23. The molecule has 0 bridgehead atoms. The van der Waals surface area contributed by atoms with Crippen molar-refractivity contribution in [3.05, 3.63) is 89.7 Å². The highest BCUT2D eigenvalue weighted by molar-refractivity contribution is 6.32. The molecular formula is C52H83Cl2F2N15O6. The van der Waals surface area contributed by atoms with Gasteiger partial charge in [0.05, 0.1) is 79.2 Å². The van der Waals surface area contributed by atoms with Crippen LogP contribution in [0.4, 0.5) is 37.2 Å². The Balaban J connectivity index is 0.000000330. The number of likely N-dealkylation sites (tertiary alicyclic amines) is 1. The van der Waals surface area contributed by atoms with E-state index in [4.69, 9.17) is 80.3 Å². The van der Waals surface area contributed by atoms with Crippen LogP contribution >= 0.6 is 23.2 Å². The van der Waals surface area contributed by atoms with E-state index in [2.05, 4.69) is 46.7 Å². The van der Waals surface area contributed by atoms with Crippen LogP contribution in [-0.4, -0.2) is 198 Å². The van der Waals surface area contributed by atoms with Gasteiger partial charge in [-0.2, -0.15) is 8.78 Å². The molecule has 5 aromatic rings. The zero-order chi connectivity index (χ0) is 57.3. The molecule has 21 nitrogen and oxygen atoms in total. The molecule has 5 aromatic heterocycles. The standard InChI is InChI=1S/C11H16ClN3O.C11H17F2N3O.C11H19N3O2.C10H17N3O.C9H14ClN3O/c1-15-4-2-8(3-5-15)16-11-9(12)6-14-7-10(11)13;1-11(12,13)10-6-9(8(14)7-15-10)17-5-4-16(2)3;1-14(2)5-6-15-7-8-16-11-3-4-13-9-10(11)12;1-13(2)6-3-7-14-10-4-5-12-8-9(10)11;1-13(2)3-4-14-8-5-9(10)12-6-7(8)11/h6-8H,2-5,13H2,1H3;6-7H,4-5,14H2,1-3H3;3-4,9H,5-8,12H2,1-2H3;4-5,8H,3,6-7,11H2,1-2H3;5-6H,3-4,11H2,1-2H3. The first-order valence-corrected chi connectivity index (χ1v) is 25.6. The number of anilines is 5. The van der Waals surface area contributed by atoms with Gasteiger partial charge in [0.15, 0.2) is 5.75 Å². The minimum atomic E-state index is -2.99. The topological polar surface area (TPSA) is 266 Å². The average Bonchev–Trinajstić information content (AvgIpc) is 3.36. The third kappa shape index (κ3) is 29.9. The number of aromatic nitrogens is 5. The highest BCUT2D eigenvalue weighted by atomic mass is 35.5. The van der Waals surface area contributed by atoms with Gasteiger partial charge in [-0.25, -0.2) is 4.98 Å². The first-order valence-electron chi connectivity index (χ1n) is 24.8. The van der Waals surface area contributed by atoms with Gasteiger partial charge >= 0.3 is 0 Å². The smallest absolute Gasteiger partial charge is 0.287 e. The van der Waals surface area contributed by atoms with Crippen molar-refractivity contribution >= 4 is 51.6 Å². The molecule has 1 aliphatic rings. The van der Waals surface area contributed by atoms with E-state index in [1.165, 1.54) is 18.5 Å². The van der Waals surface area contributed by atoms with Crippen molar-refractivity contribution in [2.24, 2.45) is 0 Å². The lowest BCUT2D eigenvalue weighted by atomic mass is 10.1. The first kappa shape index (κ1) is 67.1. The van der Waals surface area contributed by atoms with Gasteiger partial charge in [0.25, 0.3) is 5.92 Å². The van der Waals surface area contributed by atoms with Gasteiger partial charge in [0.2, 0.25) is 0 Å². The Morgan fingerprint density at radius 2 is 1.04 bits per heavy atom. The molecule has 6 rings (SSSR count). The van der Waals surface area contributed by atoms with E-state index in [1.54, 1.807) is 55.4 Å². The van der Waals surface area contributed by atoms with E-state index >= 15 is 0 Å². The van der Waals surface area contributed by atoms with Gasteiger partial charge in [0.1, 0.15) is 64.8 Å². The first-order chi connectivity index (χ1) is 36.5. The van der Waals surface area contributed by atoms with Crippen LogP contribution in [0, 0.1) is 0 Å². The van der Waals surface area contributed by atoms with Crippen LogP contribution in [0.25, 0.3) is 0 Å². The van der Waals surface area contributed by atoms with Crippen LogP contribution in [-0.2, 0) is 10.7 Å².